The third kappa shape index (κ3) is 3.35. The maximum Gasteiger partial charge on any atom is 0.417 e. The number of nitriles is 1. The van der Waals surface area contributed by atoms with Crippen molar-refractivity contribution in [2.24, 2.45) is 0 Å². The molecule has 8 heteroatoms. The van der Waals surface area contributed by atoms with Crippen molar-refractivity contribution < 1.29 is 17.9 Å². The fourth-order valence-electron chi connectivity index (χ4n) is 1.47. The molecule has 2 N–H and O–H groups in total. The predicted octanol–water partition coefficient (Wildman–Crippen LogP) is 4.00. The van der Waals surface area contributed by atoms with Crippen LogP contribution in [0, 0.1) is 11.3 Å². The van der Waals surface area contributed by atoms with E-state index in [0.29, 0.717) is 17.8 Å². The maximum atomic E-state index is 12.5. The molecule has 1 aromatic carbocycles. The first-order chi connectivity index (χ1) is 9.81. The van der Waals surface area contributed by atoms with Gasteiger partial charge in [-0.3, -0.25) is 0 Å². The molecule has 0 aliphatic heterocycles. The normalized spacial score (nSPS) is 11.0. The van der Waals surface area contributed by atoms with E-state index in [-0.39, 0.29) is 22.3 Å². The van der Waals surface area contributed by atoms with Crippen LogP contribution >= 0.6 is 11.6 Å². The van der Waals surface area contributed by atoms with Gasteiger partial charge in [0, 0.05) is 6.20 Å². The van der Waals surface area contributed by atoms with Crippen molar-refractivity contribution >= 4 is 17.3 Å². The second-order valence-corrected chi connectivity index (χ2v) is 4.38. The Bertz CT molecular complexity index is 726. The van der Waals surface area contributed by atoms with Gasteiger partial charge in [0.05, 0.1) is 22.9 Å². The topological polar surface area (TPSA) is 71.9 Å². The summed E-state index contributed by atoms with van der Waals surface area (Å²) in [6.45, 7) is 0. The molecule has 108 valence electrons. The average Bonchev–Trinajstić information content (AvgIpc) is 2.41. The van der Waals surface area contributed by atoms with Gasteiger partial charge in [0.15, 0.2) is 5.75 Å². The first-order valence-corrected chi connectivity index (χ1v) is 5.89. The minimum absolute atomic E-state index is 0.142. The summed E-state index contributed by atoms with van der Waals surface area (Å²) < 4.78 is 42.7. The van der Waals surface area contributed by atoms with Crippen molar-refractivity contribution in [1.82, 2.24) is 4.98 Å². The van der Waals surface area contributed by atoms with E-state index in [1.54, 1.807) is 0 Å². The number of halogens is 4. The van der Waals surface area contributed by atoms with Gasteiger partial charge in [0.1, 0.15) is 5.02 Å². The number of ether oxygens (including phenoxy) is 1. The Morgan fingerprint density at radius 1 is 1.29 bits per heavy atom. The highest BCUT2D eigenvalue weighted by Gasteiger charge is 2.31. The number of nitrogen functional groups attached to an aromatic ring is 1. The fourth-order valence-corrected chi connectivity index (χ4v) is 1.68. The van der Waals surface area contributed by atoms with Crippen molar-refractivity contribution in [3.8, 4) is 17.7 Å². The van der Waals surface area contributed by atoms with E-state index in [4.69, 9.17) is 27.3 Å². The summed E-state index contributed by atoms with van der Waals surface area (Å²) in [6, 6.07) is 6.83. The number of aromatic nitrogens is 1. The highest BCUT2D eigenvalue weighted by molar-refractivity contribution is 6.31. The molecule has 0 saturated heterocycles. The van der Waals surface area contributed by atoms with Crippen molar-refractivity contribution in [1.29, 1.82) is 5.26 Å². The van der Waals surface area contributed by atoms with E-state index in [9.17, 15) is 13.2 Å². The summed E-state index contributed by atoms with van der Waals surface area (Å²) in [5.74, 6) is -0.0655. The third-order valence-electron chi connectivity index (χ3n) is 2.48. The Kier molecular flexibility index (Phi) is 3.91. The standard InChI is InChI=1S/C13H7ClF3N3O/c14-9-4-8(13(15,16)17)6-20-12(9)21-11-2-1-7(5-18)3-10(11)19/h1-4,6H,19H2. The highest BCUT2D eigenvalue weighted by atomic mass is 35.5. The summed E-state index contributed by atoms with van der Waals surface area (Å²) in [6.07, 6.45) is -3.93. The van der Waals surface area contributed by atoms with Crippen LogP contribution in [0.25, 0.3) is 0 Å². The van der Waals surface area contributed by atoms with E-state index in [1.165, 1.54) is 18.2 Å². The van der Waals surface area contributed by atoms with Gasteiger partial charge in [0.2, 0.25) is 5.88 Å². The summed E-state index contributed by atoms with van der Waals surface area (Å²) in [4.78, 5) is 3.53. The van der Waals surface area contributed by atoms with Gasteiger partial charge in [-0.15, -0.1) is 0 Å². The molecule has 4 nitrogen and oxygen atoms in total. The highest BCUT2D eigenvalue weighted by Crippen LogP contribution is 2.35. The molecule has 1 heterocycles. The zero-order valence-electron chi connectivity index (χ0n) is 10.3. The smallest absolute Gasteiger partial charge is 0.417 e. The number of anilines is 1. The lowest BCUT2D eigenvalue weighted by molar-refractivity contribution is -0.137. The SMILES string of the molecule is N#Cc1ccc(Oc2ncc(C(F)(F)F)cc2Cl)c(N)c1. The number of nitrogens with zero attached hydrogens (tertiary/aromatic N) is 2. The summed E-state index contributed by atoms with van der Waals surface area (Å²) in [5, 5.41) is 8.41. The van der Waals surface area contributed by atoms with E-state index in [2.05, 4.69) is 4.98 Å². The van der Waals surface area contributed by atoms with Crippen LogP contribution in [0.2, 0.25) is 5.02 Å². The number of hydrogen-bond acceptors (Lipinski definition) is 4. The van der Waals surface area contributed by atoms with Crippen LogP contribution in [0.15, 0.2) is 30.5 Å². The van der Waals surface area contributed by atoms with Gasteiger partial charge in [-0.2, -0.15) is 18.4 Å². The average molecular weight is 314 g/mol. The molecule has 2 aromatic rings. The Hall–Kier alpha value is -2.46. The molecule has 0 amide bonds. The molecule has 0 spiro atoms. The Morgan fingerprint density at radius 2 is 2.00 bits per heavy atom. The third-order valence-corrected chi connectivity index (χ3v) is 2.75. The van der Waals surface area contributed by atoms with Crippen LogP contribution in [-0.4, -0.2) is 4.98 Å². The second kappa shape index (κ2) is 5.50. The molecule has 0 atom stereocenters. The van der Waals surface area contributed by atoms with Crippen molar-refractivity contribution in [3.05, 3.63) is 46.6 Å². The van der Waals surface area contributed by atoms with E-state index in [1.807, 2.05) is 6.07 Å². The van der Waals surface area contributed by atoms with Crippen molar-refractivity contribution in [3.63, 3.8) is 0 Å². The molecule has 0 aliphatic carbocycles. The van der Waals surface area contributed by atoms with Gasteiger partial charge >= 0.3 is 6.18 Å². The molecule has 2 rings (SSSR count). The number of nitrogens with two attached hydrogens (primary N) is 1. The van der Waals surface area contributed by atoms with Gasteiger partial charge in [-0.25, -0.2) is 4.98 Å². The minimum Gasteiger partial charge on any atom is -0.435 e. The van der Waals surface area contributed by atoms with E-state index < -0.39 is 11.7 Å². The van der Waals surface area contributed by atoms with Crippen molar-refractivity contribution in [2.45, 2.75) is 6.18 Å². The quantitative estimate of drug-likeness (QED) is 0.851. The summed E-state index contributed by atoms with van der Waals surface area (Å²) in [7, 11) is 0. The van der Waals surface area contributed by atoms with Gasteiger partial charge in [0.25, 0.3) is 0 Å². The van der Waals surface area contributed by atoms with Crippen LogP contribution in [0.3, 0.4) is 0 Å². The number of hydrogen-bond donors (Lipinski definition) is 1. The fraction of sp³-hybridized carbons (Fsp3) is 0.0769. The zero-order chi connectivity index (χ0) is 15.6. The molecule has 0 aliphatic rings. The first kappa shape index (κ1) is 14.9. The van der Waals surface area contributed by atoms with Crippen LogP contribution in [0.4, 0.5) is 18.9 Å². The van der Waals surface area contributed by atoms with Crippen LogP contribution in [-0.2, 0) is 6.18 Å². The van der Waals surface area contributed by atoms with Crippen LogP contribution < -0.4 is 10.5 Å². The lowest BCUT2D eigenvalue weighted by Gasteiger charge is -2.11. The Balaban J connectivity index is 2.31. The van der Waals surface area contributed by atoms with Gasteiger partial charge in [-0.1, -0.05) is 11.6 Å². The molecule has 0 radical (unpaired) electrons. The second-order valence-electron chi connectivity index (χ2n) is 3.98. The van der Waals surface area contributed by atoms with E-state index >= 15 is 0 Å². The molecule has 1 aromatic heterocycles. The van der Waals surface area contributed by atoms with Gasteiger partial charge in [-0.05, 0) is 24.3 Å². The molecule has 0 saturated carbocycles. The van der Waals surface area contributed by atoms with Gasteiger partial charge < -0.3 is 10.5 Å². The first-order valence-electron chi connectivity index (χ1n) is 5.51. The lowest BCUT2D eigenvalue weighted by Crippen LogP contribution is -2.06. The molecule has 21 heavy (non-hydrogen) atoms. The number of rotatable bonds is 2. The summed E-state index contributed by atoms with van der Waals surface area (Å²) in [5.41, 5.74) is 5.16. The molecular formula is C13H7ClF3N3O. The largest absolute Gasteiger partial charge is 0.435 e. The zero-order valence-corrected chi connectivity index (χ0v) is 11.0. The van der Waals surface area contributed by atoms with E-state index in [0.717, 1.165) is 0 Å². The number of pyridine rings is 1. The minimum atomic E-state index is -4.54. The summed E-state index contributed by atoms with van der Waals surface area (Å²) >= 11 is 5.72. The molecule has 0 bridgehead atoms. The van der Waals surface area contributed by atoms with Crippen LogP contribution in [0.1, 0.15) is 11.1 Å². The Morgan fingerprint density at radius 3 is 2.52 bits per heavy atom. The molecule has 0 unspecified atom stereocenters. The number of alkyl halides is 3. The number of benzene rings is 1. The molecule has 0 fully saturated rings. The molecular weight excluding hydrogens is 307 g/mol. The monoisotopic (exact) mass is 313 g/mol. The lowest BCUT2D eigenvalue weighted by atomic mass is 10.2. The Labute approximate surface area is 122 Å². The van der Waals surface area contributed by atoms with Crippen LogP contribution in [0.5, 0.6) is 11.6 Å². The van der Waals surface area contributed by atoms with Crippen molar-refractivity contribution in [2.75, 3.05) is 5.73 Å². The maximum absolute atomic E-state index is 12.5. The predicted molar refractivity (Wildman–Crippen MR) is 69.9 cm³/mol.